The Balaban J connectivity index is 2.07. The normalized spacial score (nSPS) is 18.2. The molecule has 0 aliphatic carbocycles. The third-order valence-corrected chi connectivity index (χ3v) is 3.52. The molecule has 106 valence electrons. The first kappa shape index (κ1) is 14.3. The van der Waals surface area contributed by atoms with Crippen molar-refractivity contribution in [2.75, 3.05) is 26.2 Å². The van der Waals surface area contributed by atoms with Crippen LogP contribution in [0.5, 0.6) is 5.75 Å². The van der Waals surface area contributed by atoms with Gasteiger partial charge in [0.25, 0.3) is 0 Å². The summed E-state index contributed by atoms with van der Waals surface area (Å²) in [6.07, 6.45) is 3.86. The quantitative estimate of drug-likeness (QED) is 0.825. The smallest absolute Gasteiger partial charge is 0.124 e. The van der Waals surface area contributed by atoms with Crippen molar-refractivity contribution in [2.24, 2.45) is 5.73 Å². The van der Waals surface area contributed by atoms with Crippen molar-refractivity contribution in [3.63, 3.8) is 0 Å². The fourth-order valence-corrected chi connectivity index (χ4v) is 2.55. The van der Waals surface area contributed by atoms with Gasteiger partial charge in [-0.1, -0.05) is 24.6 Å². The molecule has 3 N–H and O–H groups in total. The lowest BCUT2D eigenvalue weighted by atomic mass is 10.1. The maximum atomic E-state index is 5.94. The average molecular weight is 263 g/mol. The van der Waals surface area contributed by atoms with Crippen LogP contribution in [0, 0.1) is 0 Å². The van der Waals surface area contributed by atoms with Crippen molar-refractivity contribution < 1.29 is 4.74 Å². The Hall–Kier alpha value is -1.10. The van der Waals surface area contributed by atoms with Gasteiger partial charge in [-0.05, 0) is 25.8 Å². The van der Waals surface area contributed by atoms with E-state index in [9.17, 15) is 0 Å². The largest absolute Gasteiger partial charge is 0.494 e. The zero-order valence-electron chi connectivity index (χ0n) is 11.8. The highest BCUT2D eigenvalue weighted by Crippen LogP contribution is 2.25. The molecule has 0 aromatic heterocycles. The minimum absolute atomic E-state index is 0.126. The first-order chi connectivity index (χ1) is 9.35. The summed E-state index contributed by atoms with van der Waals surface area (Å²) < 4.78 is 5.69. The lowest BCUT2D eigenvalue weighted by Gasteiger charge is -2.32. The molecule has 19 heavy (non-hydrogen) atoms. The van der Waals surface area contributed by atoms with Gasteiger partial charge >= 0.3 is 0 Å². The van der Waals surface area contributed by atoms with Gasteiger partial charge in [-0.3, -0.25) is 0 Å². The van der Waals surface area contributed by atoms with Crippen molar-refractivity contribution in [3.8, 4) is 5.75 Å². The molecule has 1 aliphatic heterocycles. The van der Waals surface area contributed by atoms with Gasteiger partial charge in [-0.2, -0.15) is 0 Å². The van der Waals surface area contributed by atoms with Crippen LogP contribution in [0.15, 0.2) is 24.3 Å². The van der Waals surface area contributed by atoms with Crippen LogP contribution in [0.1, 0.15) is 37.8 Å². The summed E-state index contributed by atoms with van der Waals surface area (Å²) in [4.78, 5) is 0. The molecule has 1 atom stereocenters. The van der Waals surface area contributed by atoms with Crippen LogP contribution < -0.4 is 15.9 Å². The third kappa shape index (κ3) is 3.93. The SMILES string of the molecule is CCOc1ccccc1C(CN)NN1CCCCC1. The summed E-state index contributed by atoms with van der Waals surface area (Å²) in [7, 11) is 0. The fourth-order valence-electron chi connectivity index (χ4n) is 2.55. The predicted octanol–water partition coefficient (Wildman–Crippen LogP) is 2.08. The van der Waals surface area contributed by atoms with E-state index >= 15 is 0 Å². The molecule has 0 bridgehead atoms. The number of nitrogens with zero attached hydrogens (tertiary/aromatic N) is 1. The molecule has 1 aromatic rings. The summed E-state index contributed by atoms with van der Waals surface area (Å²) in [6.45, 7) is 5.46. The second-order valence-corrected chi connectivity index (χ2v) is 4.94. The van der Waals surface area contributed by atoms with Gasteiger partial charge in [0.05, 0.1) is 12.6 Å². The molecule has 1 saturated heterocycles. The fraction of sp³-hybridized carbons (Fsp3) is 0.600. The van der Waals surface area contributed by atoms with Crippen molar-refractivity contribution in [3.05, 3.63) is 29.8 Å². The topological polar surface area (TPSA) is 50.5 Å². The molecule has 1 heterocycles. The Labute approximate surface area is 115 Å². The standard InChI is InChI=1S/C15H25N3O/c1-2-19-15-9-5-4-8-13(15)14(12-16)17-18-10-6-3-7-11-18/h4-5,8-9,14,17H,2-3,6-7,10-12,16H2,1H3. The number of rotatable bonds is 6. The van der Waals surface area contributed by atoms with Crippen molar-refractivity contribution in [2.45, 2.75) is 32.2 Å². The van der Waals surface area contributed by atoms with E-state index in [1.165, 1.54) is 19.3 Å². The molecule has 1 aromatic carbocycles. The highest BCUT2D eigenvalue weighted by Gasteiger charge is 2.18. The molecule has 0 spiro atoms. The molecule has 4 heteroatoms. The molecule has 2 rings (SSSR count). The Bertz CT molecular complexity index is 377. The summed E-state index contributed by atoms with van der Waals surface area (Å²) in [5, 5.41) is 2.30. The number of hydrazine groups is 1. The Morgan fingerprint density at radius 3 is 2.68 bits per heavy atom. The van der Waals surface area contributed by atoms with Crippen molar-refractivity contribution in [1.29, 1.82) is 0 Å². The van der Waals surface area contributed by atoms with Gasteiger partial charge in [0.2, 0.25) is 0 Å². The number of nitrogens with two attached hydrogens (primary N) is 1. The van der Waals surface area contributed by atoms with E-state index in [-0.39, 0.29) is 6.04 Å². The molecular formula is C15H25N3O. The number of para-hydroxylation sites is 1. The molecular weight excluding hydrogens is 238 g/mol. The molecule has 1 fully saturated rings. The highest BCUT2D eigenvalue weighted by atomic mass is 16.5. The number of hydrogen-bond donors (Lipinski definition) is 2. The van der Waals surface area contributed by atoms with E-state index < -0.39 is 0 Å². The molecule has 1 unspecified atom stereocenters. The molecule has 1 aliphatic rings. The van der Waals surface area contributed by atoms with Gasteiger partial charge in [-0.25, -0.2) is 10.4 Å². The van der Waals surface area contributed by atoms with Crippen LogP contribution in [0.3, 0.4) is 0 Å². The van der Waals surface area contributed by atoms with Crippen LogP contribution >= 0.6 is 0 Å². The van der Waals surface area contributed by atoms with E-state index in [1.54, 1.807) is 0 Å². The monoisotopic (exact) mass is 263 g/mol. The Morgan fingerprint density at radius 1 is 1.26 bits per heavy atom. The van der Waals surface area contributed by atoms with Crippen LogP contribution in [0.25, 0.3) is 0 Å². The number of ether oxygens (including phenoxy) is 1. The summed E-state index contributed by atoms with van der Waals surface area (Å²) in [5.41, 5.74) is 10.6. The van der Waals surface area contributed by atoms with Crippen molar-refractivity contribution >= 4 is 0 Å². The van der Waals surface area contributed by atoms with Gasteiger partial charge in [0.1, 0.15) is 5.75 Å². The number of hydrogen-bond acceptors (Lipinski definition) is 4. The molecule has 4 nitrogen and oxygen atoms in total. The van der Waals surface area contributed by atoms with Crippen molar-refractivity contribution in [1.82, 2.24) is 10.4 Å². The van der Waals surface area contributed by atoms with E-state index in [0.717, 1.165) is 24.4 Å². The molecule has 0 amide bonds. The number of benzene rings is 1. The average Bonchev–Trinajstić information content (AvgIpc) is 2.47. The van der Waals surface area contributed by atoms with Gasteiger partial charge < -0.3 is 10.5 Å². The summed E-state index contributed by atoms with van der Waals surface area (Å²) >= 11 is 0. The van der Waals surface area contributed by atoms with Crippen LogP contribution in [-0.4, -0.2) is 31.3 Å². The number of nitrogens with one attached hydrogen (secondary N) is 1. The Kier molecular flexibility index (Phi) is 5.63. The minimum atomic E-state index is 0.126. The second-order valence-electron chi connectivity index (χ2n) is 4.94. The van der Waals surface area contributed by atoms with Crippen LogP contribution in [-0.2, 0) is 0 Å². The molecule has 0 radical (unpaired) electrons. The van der Waals surface area contributed by atoms with Crippen LogP contribution in [0.2, 0.25) is 0 Å². The number of piperidine rings is 1. The van der Waals surface area contributed by atoms with Crippen LogP contribution in [0.4, 0.5) is 0 Å². The van der Waals surface area contributed by atoms with E-state index in [0.29, 0.717) is 13.2 Å². The van der Waals surface area contributed by atoms with E-state index in [4.69, 9.17) is 10.5 Å². The third-order valence-electron chi connectivity index (χ3n) is 3.52. The first-order valence-electron chi connectivity index (χ1n) is 7.28. The highest BCUT2D eigenvalue weighted by molar-refractivity contribution is 5.36. The first-order valence-corrected chi connectivity index (χ1v) is 7.28. The zero-order valence-corrected chi connectivity index (χ0v) is 11.8. The lowest BCUT2D eigenvalue weighted by molar-refractivity contribution is 0.129. The molecule has 0 saturated carbocycles. The van der Waals surface area contributed by atoms with Gasteiger partial charge in [0, 0.05) is 25.2 Å². The maximum absolute atomic E-state index is 5.94. The van der Waals surface area contributed by atoms with Gasteiger partial charge in [0.15, 0.2) is 0 Å². The summed E-state index contributed by atoms with van der Waals surface area (Å²) in [6, 6.07) is 8.28. The van der Waals surface area contributed by atoms with E-state index in [1.807, 2.05) is 25.1 Å². The second kappa shape index (κ2) is 7.48. The Morgan fingerprint density at radius 2 is 2.00 bits per heavy atom. The zero-order chi connectivity index (χ0) is 13.5. The predicted molar refractivity (Wildman–Crippen MR) is 78.0 cm³/mol. The minimum Gasteiger partial charge on any atom is -0.494 e. The lowest BCUT2D eigenvalue weighted by Crippen LogP contribution is -2.45. The van der Waals surface area contributed by atoms with Gasteiger partial charge in [-0.15, -0.1) is 0 Å². The summed E-state index contributed by atoms with van der Waals surface area (Å²) in [5.74, 6) is 0.935. The maximum Gasteiger partial charge on any atom is 0.124 e. The van der Waals surface area contributed by atoms with E-state index in [2.05, 4.69) is 16.5 Å².